The molecule has 0 aliphatic rings. The molecule has 0 saturated carbocycles. The van der Waals surface area contributed by atoms with Crippen LogP contribution >= 0.6 is 0 Å². The molecule has 0 aromatic heterocycles. The van der Waals surface area contributed by atoms with Crippen molar-refractivity contribution in [3.8, 4) is 11.5 Å². The number of ether oxygens (including phenoxy) is 3. The second kappa shape index (κ2) is 7.24. The van der Waals surface area contributed by atoms with Crippen LogP contribution in [0.25, 0.3) is 0 Å². The molecule has 0 spiro atoms. The van der Waals surface area contributed by atoms with Crippen molar-refractivity contribution >= 4 is 0 Å². The van der Waals surface area contributed by atoms with Crippen molar-refractivity contribution in [2.75, 3.05) is 27.9 Å². The summed E-state index contributed by atoms with van der Waals surface area (Å²) in [6, 6.07) is 4.05. The van der Waals surface area contributed by atoms with Gasteiger partial charge in [-0.05, 0) is 36.6 Å². The first-order valence-corrected chi connectivity index (χ1v) is 6.11. The van der Waals surface area contributed by atoms with Crippen LogP contribution in [0.5, 0.6) is 11.5 Å². The van der Waals surface area contributed by atoms with Crippen LogP contribution in [0.1, 0.15) is 30.4 Å². The second-order valence-electron chi connectivity index (χ2n) is 4.33. The summed E-state index contributed by atoms with van der Waals surface area (Å²) in [6.07, 6.45) is 0.913. The Morgan fingerprint density at radius 3 is 2.39 bits per heavy atom. The molecule has 4 nitrogen and oxygen atoms in total. The van der Waals surface area contributed by atoms with Crippen LogP contribution < -0.4 is 15.2 Å². The molecule has 0 fully saturated rings. The minimum Gasteiger partial charge on any atom is -0.493 e. The van der Waals surface area contributed by atoms with Crippen LogP contribution in [-0.4, -0.2) is 27.9 Å². The average Bonchev–Trinajstić information content (AvgIpc) is 2.38. The lowest BCUT2D eigenvalue weighted by Crippen LogP contribution is -2.07. The predicted molar refractivity (Wildman–Crippen MR) is 72.3 cm³/mol. The van der Waals surface area contributed by atoms with Crippen molar-refractivity contribution in [3.63, 3.8) is 0 Å². The Labute approximate surface area is 109 Å². The Balaban J connectivity index is 3.21. The molecule has 4 heteroatoms. The SMILES string of the molecule is COCc1cc(OC)c(OC)c(C(C)CCN)c1. The smallest absolute Gasteiger partial charge is 0.164 e. The van der Waals surface area contributed by atoms with E-state index < -0.39 is 0 Å². The fourth-order valence-electron chi connectivity index (χ4n) is 2.07. The molecule has 1 aromatic carbocycles. The zero-order valence-corrected chi connectivity index (χ0v) is 11.7. The third kappa shape index (κ3) is 3.37. The summed E-state index contributed by atoms with van der Waals surface area (Å²) in [7, 11) is 4.98. The summed E-state index contributed by atoms with van der Waals surface area (Å²) in [6.45, 7) is 3.35. The standard InChI is InChI=1S/C14H23NO3/c1-10(5-6-15)12-7-11(9-16-2)8-13(17-3)14(12)18-4/h7-8,10H,5-6,9,15H2,1-4H3. The van der Waals surface area contributed by atoms with Gasteiger partial charge >= 0.3 is 0 Å². The van der Waals surface area contributed by atoms with E-state index in [1.807, 2.05) is 6.07 Å². The van der Waals surface area contributed by atoms with E-state index in [0.717, 1.165) is 29.0 Å². The molecule has 0 heterocycles. The minimum atomic E-state index is 0.329. The van der Waals surface area contributed by atoms with Gasteiger partial charge in [-0.3, -0.25) is 0 Å². The molecule has 0 aliphatic carbocycles. The maximum Gasteiger partial charge on any atom is 0.164 e. The normalized spacial score (nSPS) is 12.3. The highest BCUT2D eigenvalue weighted by atomic mass is 16.5. The molecule has 102 valence electrons. The van der Waals surface area contributed by atoms with Crippen LogP contribution in [-0.2, 0) is 11.3 Å². The number of benzene rings is 1. The highest BCUT2D eigenvalue weighted by Crippen LogP contribution is 2.38. The van der Waals surface area contributed by atoms with E-state index in [-0.39, 0.29) is 0 Å². The van der Waals surface area contributed by atoms with Gasteiger partial charge in [0.1, 0.15) is 0 Å². The van der Waals surface area contributed by atoms with E-state index in [4.69, 9.17) is 19.9 Å². The Bertz CT molecular complexity index is 380. The maximum absolute atomic E-state index is 5.63. The van der Waals surface area contributed by atoms with Crippen molar-refractivity contribution in [2.24, 2.45) is 5.73 Å². The number of nitrogens with two attached hydrogens (primary N) is 1. The first-order chi connectivity index (χ1) is 8.67. The lowest BCUT2D eigenvalue weighted by molar-refractivity contribution is 0.184. The largest absolute Gasteiger partial charge is 0.493 e. The molecule has 0 bridgehead atoms. The van der Waals surface area contributed by atoms with E-state index in [0.29, 0.717) is 19.1 Å². The molecule has 0 aliphatic heterocycles. The van der Waals surface area contributed by atoms with E-state index in [9.17, 15) is 0 Å². The maximum atomic E-state index is 5.63. The molecule has 0 saturated heterocycles. The highest BCUT2D eigenvalue weighted by Gasteiger charge is 2.17. The van der Waals surface area contributed by atoms with Crippen LogP contribution in [0.3, 0.4) is 0 Å². The van der Waals surface area contributed by atoms with Crippen molar-refractivity contribution in [1.82, 2.24) is 0 Å². The third-order valence-corrected chi connectivity index (χ3v) is 3.01. The molecule has 2 N–H and O–H groups in total. The molecule has 1 atom stereocenters. The highest BCUT2D eigenvalue weighted by molar-refractivity contribution is 5.50. The van der Waals surface area contributed by atoms with Gasteiger partial charge in [0.15, 0.2) is 11.5 Å². The third-order valence-electron chi connectivity index (χ3n) is 3.01. The van der Waals surface area contributed by atoms with Gasteiger partial charge in [0.05, 0.1) is 20.8 Å². The summed E-state index contributed by atoms with van der Waals surface area (Å²) in [5.41, 5.74) is 7.83. The zero-order valence-electron chi connectivity index (χ0n) is 11.7. The molecule has 0 radical (unpaired) electrons. The predicted octanol–water partition coefficient (Wildman–Crippen LogP) is 2.30. The van der Waals surface area contributed by atoms with Crippen LogP contribution in [0.15, 0.2) is 12.1 Å². The minimum absolute atomic E-state index is 0.329. The Hall–Kier alpha value is -1.26. The number of hydrogen-bond acceptors (Lipinski definition) is 4. The van der Waals surface area contributed by atoms with E-state index >= 15 is 0 Å². The Morgan fingerprint density at radius 1 is 1.17 bits per heavy atom. The van der Waals surface area contributed by atoms with E-state index in [1.165, 1.54) is 0 Å². The van der Waals surface area contributed by atoms with Crippen LogP contribution in [0.2, 0.25) is 0 Å². The van der Waals surface area contributed by atoms with Crippen LogP contribution in [0, 0.1) is 0 Å². The Morgan fingerprint density at radius 2 is 1.89 bits per heavy atom. The molecule has 1 unspecified atom stereocenters. The van der Waals surface area contributed by atoms with Gasteiger partial charge in [0.2, 0.25) is 0 Å². The van der Waals surface area contributed by atoms with Crippen molar-refractivity contribution < 1.29 is 14.2 Å². The summed E-state index contributed by atoms with van der Waals surface area (Å²) in [4.78, 5) is 0. The number of hydrogen-bond donors (Lipinski definition) is 1. The lowest BCUT2D eigenvalue weighted by atomic mass is 9.94. The van der Waals surface area contributed by atoms with Crippen LogP contribution in [0.4, 0.5) is 0 Å². The van der Waals surface area contributed by atoms with E-state index in [1.54, 1.807) is 21.3 Å². The molecule has 0 amide bonds. The fourth-order valence-corrected chi connectivity index (χ4v) is 2.07. The molecule has 18 heavy (non-hydrogen) atoms. The second-order valence-corrected chi connectivity index (χ2v) is 4.33. The fraction of sp³-hybridized carbons (Fsp3) is 0.571. The van der Waals surface area contributed by atoms with E-state index in [2.05, 4.69) is 13.0 Å². The topological polar surface area (TPSA) is 53.7 Å². The first kappa shape index (κ1) is 14.8. The molecule has 1 aromatic rings. The average molecular weight is 253 g/mol. The van der Waals surface area contributed by atoms with Crippen molar-refractivity contribution in [3.05, 3.63) is 23.3 Å². The van der Waals surface area contributed by atoms with Crippen molar-refractivity contribution in [2.45, 2.75) is 25.9 Å². The summed E-state index contributed by atoms with van der Waals surface area (Å²) >= 11 is 0. The van der Waals surface area contributed by atoms with Crippen molar-refractivity contribution in [1.29, 1.82) is 0 Å². The van der Waals surface area contributed by atoms with Gasteiger partial charge in [0, 0.05) is 12.7 Å². The summed E-state index contributed by atoms with van der Waals surface area (Å²) in [5, 5.41) is 0. The van der Waals surface area contributed by atoms with Gasteiger partial charge in [-0.1, -0.05) is 6.92 Å². The van der Waals surface area contributed by atoms with Gasteiger partial charge < -0.3 is 19.9 Å². The lowest BCUT2D eigenvalue weighted by Gasteiger charge is -2.19. The first-order valence-electron chi connectivity index (χ1n) is 6.11. The number of methoxy groups -OCH3 is 3. The molecular formula is C14H23NO3. The van der Waals surface area contributed by atoms with Gasteiger partial charge in [-0.25, -0.2) is 0 Å². The summed E-state index contributed by atoms with van der Waals surface area (Å²) in [5.74, 6) is 1.86. The Kier molecular flexibility index (Phi) is 5.95. The number of rotatable bonds is 7. The molecule has 1 rings (SSSR count). The summed E-state index contributed by atoms with van der Waals surface area (Å²) < 4.78 is 16.0. The monoisotopic (exact) mass is 253 g/mol. The quantitative estimate of drug-likeness (QED) is 0.810. The zero-order chi connectivity index (χ0) is 13.5. The molecular weight excluding hydrogens is 230 g/mol. The van der Waals surface area contributed by atoms with Gasteiger partial charge in [0.25, 0.3) is 0 Å². The van der Waals surface area contributed by atoms with Gasteiger partial charge in [-0.15, -0.1) is 0 Å². The van der Waals surface area contributed by atoms with Gasteiger partial charge in [-0.2, -0.15) is 0 Å².